The van der Waals surface area contributed by atoms with E-state index in [1.165, 1.54) is 0 Å². The second-order valence-electron chi connectivity index (χ2n) is 3.69. The van der Waals surface area contributed by atoms with E-state index >= 15 is 0 Å². The fourth-order valence-electron chi connectivity index (χ4n) is 1.58. The van der Waals surface area contributed by atoms with Crippen LogP contribution in [-0.4, -0.2) is 0 Å². The Labute approximate surface area is 115 Å². The lowest BCUT2D eigenvalue weighted by molar-refractivity contribution is 0.473. The van der Waals surface area contributed by atoms with Crippen LogP contribution >= 0.6 is 23.2 Å². The molecule has 1 aromatic heterocycles. The highest BCUT2D eigenvalue weighted by molar-refractivity contribution is 6.35. The number of hydrogen-bond donors (Lipinski definition) is 1. The van der Waals surface area contributed by atoms with Gasteiger partial charge in [-0.3, -0.25) is 5.32 Å². The zero-order valence-corrected chi connectivity index (χ0v) is 10.9. The largest absolute Gasteiger partial charge is 0.468 e. The molecule has 2 rings (SSSR count). The van der Waals surface area contributed by atoms with E-state index in [1.807, 2.05) is 6.07 Å². The summed E-state index contributed by atoms with van der Waals surface area (Å²) in [5, 5.41) is 13.3. The molecule has 0 amide bonds. The van der Waals surface area contributed by atoms with Crippen LogP contribution in [0.2, 0.25) is 10.0 Å². The Morgan fingerprint density at radius 3 is 2.78 bits per heavy atom. The van der Waals surface area contributed by atoms with Gasteiger partial charge in [0.1, 0.15) is 11.8 Å². The molecule has 0 aliphatic carbocycles. The van der Waals surface area contributed by atoms with Crippen molar-refractivity contribution < 1.29 is 4.42 Å². The van der Waals surface area contributed by atoms with Gasteiger partial charge in [0.2, 0.25) is 0 Å². The first kappa shape index (κ1) is 13.0. The molecule has 0 aliphatic heterocycles. The third-order valence-corrected chi connectivity index (χ3v) is 3.03. The zero-order chi connectivity index (χ0) is 13.0. The second kappa shape index (κ2) is 5.92. The fraction of sp³-hybridized carbons (Fsp3) is 0.154. The zero-order valence-electron chi connectivity index (χ0n) is 9.36. The van der Waals surface area contributed by atoms with Gasteiger partial charge in [0.25, 0.3) is 0 Å². The minimum atomic E-state index is -0.500. The van der Waals surface area contributed by atoms with Crippen LogP contribution in [0.4, 0.5) is 0 Å². The first-order valence-corrected chi connectivity index (χ1v) is 6.06. The number of rotatable bonds is 4. The van der Waals surface area contributed by atoms with E-state index in [1.54, 1.807) is 30.5 Å². The molecule has 92 valence electrons. The number of nitrogens with one attached hydrogen (secondary N) is 1. The molecule has 1 atom stereocenters. The van der Waals surface area contributed by atoms with E-state index in [-0.39, 0.29) is 0 Å². The van der Waals surface area contributed by atoms with Gasteiger partial charge in [0.15, 0.2) is 0 Å². The summed E-state index contributed by atoms with van der Waals surface area (Å²) < 4.78 is 5.19. The minimum Gasteiger partial charge on any atom is -0.468 e. The van der Waals surface area contributed by atoms with E-state index in [0.717, 1.165) is 5.76 Å². The maximum Gasteiger partial charge on any atom is 0.123 e. The third-order valence-electron chi connectivity index (χ3n) is 2.46. The molecular formula is C13H10Cl2N2O. The Bertz CT molecular complexity index is 561. The van der Waals surface area contributed by atoms with Crippen LogP contribution in [0.5, 0.6) is 0 Å². The molecule has 2 aromatic rings. The molecule has 0 fully saturated rings. The van der Waals surface area contributed by atoms with Crippen molar-refractivity contribution in [3.05, 3.63) is 58.0 Å². The number of furan rings is 1. The van der Waals surface area contributed by atoms with Gasteiger partial charge in [-0.05, 0) is 24.3 Å². The summed E-state index contributed by atoms with van der Waals surface area (Å²) in [5.41, 5.74) is 0.704. The quantitative estimate of drug-likeness (QED) is 0.923. The van der Waals surface area contributed by atoms with Crippen LogP contribution < -0.4 is 5.32 Å². The van der Waals surface area contributed by atoms with Crippen LogP contribution in [0.3, 0.4) is 0 Å². The summed E-state index contributed by atoms with van der Waals surface area (Å²) in [6.45, 7) is 0.462. The fourth-order valence-corrected chi connectivity index (χ4v) is 2.09. The van der Waals surface area contributed by atoms with Gasteiger partial charge in [-0.25, -0.2) is 0 Å². The summed E-state index contributed by atoms with van der Waals surface area (Å²) in [4.78, 5) is 0. The van der Waals surface area contributed by atoms with Crippen LogP contribution in [0.1, 0.15) is 17.4 Å². The summed E-state index contributed by atoms with van der Waals surface area (Å²) >= 11 is 11.9. The highest BCUT2D eigenvalue weighted by Gasteiger charge is 2.14. The lowest BCUT2D eigenvalue weighted by atomic mass is 10.1. The molecule has 0 spiro atoms. The van der Waals surface area contributed by atoms with Crippen molar-refractivity contribution in [2.75, 3.05) is 0 Å². The van der Waals surface area contributed by atoms with E-state index < -0.39 is 6.04 Å². The molecule has 18 heavy (non-hydrogen) atoms. The van der Waals surface area contributed by atoms with E-state index in [0.29, 0.717) is 22.2 Å². The second-order valence-corrected chi connectivity index (χ2v) is 4.53. The van der Waals surface area contributed by atoms with Crippen LogP contribution in [0.15, 0.2) is 41.0 Å². The van der Waals surface area contributed by atoms with Crippen LogP contribution in [0, 0.1) is 11.3 Å². The van der Waals surface area contributed by atoms with E-state index in [2.05, 4.69) is 11.4 Å². The number of nitrogens with zero attached hydrogens (tertiary/aromatic N) is 1. The van der Waals surface area contributed by atoms with E-state index in [4.69, 9.17) is 32.9 Å². The minimum absolute atomic E-state index is 0.462. The summed E-state index contributed by atoms with van der Waals surface area (Å²) in [5.74, 6) is 0.764. The maximum absolute atomic E-state index is 9.17. The van der Waals surface area contributed by atoms with Crippen LogP contribution in [-0.2, 0) is 6.54 Å². The maximum atomic E-state index is 9.17. The molecular weight excluding hydrogens is 271 g/mol. The number of hydrogen-bond acceptors (Lipinski definition) is 3. The predicted molar refractivity (Wildman–Crippen MR) is 70.4 cm³/mol. The van der Waals surface area contributed by atoms with Crippen molar-refractivity contribution in [3.8, 4) is 6.07 Å². The summed E-state index contributed by atoms with van der Waals surface area (Å²) in [6.07, 6.45) is 1.59. The van der Waals surface area contributed by atoms with Crippen LogP contribution in [0.25, 0.3) is 0 Å². The molecule has 1 heterocycles. The van der Waals surface area contributed by atoms with Gasteiger partial charge in [0.05, 0.1) is 18.9 Å². The summed E-state index contributed by atoms with van der Waals surface area (Å²) in [7, 11) is 0. The number of halogens is 2. The Morgan fingerprint density at radius 1 is 1.33 bits per heavy atom. The Kier molecular flexibility index (Phi) is 4.27. The molecule has 3 nitrogen and oxygen atoms in total. The number of benzene rings is 1. The SMILES string of the molecule is N#CC(NCc1ccco1)c1ccc(Cl)cc1Cl. The van der Waals surface area contributed by atoms with Gasteiger partial charge in [-0.2, -0.15) is 5.26 Å². The lowest BCUT2D eigenvalue weighted by Crippen LogP contribution is -2.19. The normalized spacial score (nSPS) is 12.1. The first-order chi connectivity index (χ1) is 8.70. The van der Waals surface area contributed by atoms with Gasteiger partial charge >= 0.3 is 0 Å². The Balaban J connectivity index is 2.11. The first-order valence-electron chi connectivity index (χ1n) is 5.31. The standard InChI is InChI=1S/C13H10Cl2N2O/c14-9-3-4-11(12(15)6-9)13(7-16)17-8-10-2-1-5-18-10/h1-6,13,17H,8H2. The highest BCUT2D eigenvalue weighted by Crippen LogP contribution is 2.26. The smallest absolute Gasteiger partial charge is 0.123 e. The van der Waals surface area contributed by atoms with Crippen molar-refractivity contribution in [1.29, 1.82) is 5.26 Å². The summed E-state index contributed by atoms with van der Waals surface area (Å²) in [6, 6.07) is 10.4. The molecule has 1 unspecified atom stereocenters. The van der Waals surface area contributed by atoms with Crippen molar-refractivity contribution >= 4 is 23.2 Å². The molecule has 1 aromatic carbocycles. The van der Waals surface area contributed by atoms with Gasteiger partial charge < -0.3 is 4.42 Å². The average molecular weight is 281 g/mol. The van der Waals surface area contributed by atoms with E-state index in [9.17, 15) is 0 Å². The lowest BCUT2D eigenvalue weighted by Gasteiger charge is -2.12. The molecule has 5 heteroatoms. The highest BCUT2D eigenvalue weighted by atomic mass is 35.5. The molecule has 0 aliphatic rings. The van der Waals surface area contributed by atoms with Crippen molar-refractivity contribution in [3.63, 3.8) is 0 Å². The molecule has 0 saturated carbocycles. The molecule has 0 bridgehead atoms. The number of nitriles is 1. The molecule has 1 N–H and O–H groups in total. The monoisotopic (exact) mass is 280 g/mol. The Morgan fingerprint density at radius 2 is 2.17 bits per heavy atom. The molecule has 0 saturated heterocycles. The Hall–Kier alpha value is -1.47. The average Bonchev–Trinajstić information content (AvgIpc) is 2.85. The van der Waals surface area contributed by atoms with Gasteiger partial charge in [-0.15, -0.1) is 0 Å². The van der Waals surface area contributed by atoms with Crippen molar-refractivity contribution in [2.24, 2.45) is 0 Å². The van der Waals surface area contributed by atoms with Crippen molar-refractivity contribution in [1.82, 2.24) is 5.32 Å². The topological polar surface area (TPSA) is 49.0 Å². The van der Waals surface area contributed by atoms with Gasteiger partial charge in [-0.1, -0.05) is 29.3 Å². The van der Waals surface area contributed by atoms with Gasteiger partial charge in [0, 0.05) is 15.6 Å². The predicted octanol–water partition coefficient (Wildman–Crippen LogP) is 3.94. The third kappa shape index (κ3) is 3.05. The van der Waals surface area contributed by atoms with Crippen molar-refractivity contribution in [2.45, 2.75) is 12.6 Å². The molecule has 0 radical (unpaired) electrons.